The molecule has 5 rings (SSSR count). The van der Waals surface area contributed by atoms with E-state index in [0.717, 1.165) is 51.4 Å². The molecule has 5 aliphatic rings. The van der Waals surface area contributed by atoms with Gasteiger partial charge in [-0.25, -0.2) is 0 Å². The van der Waals surface area contributed by atoms with Gasteiger partial charge in [-0.3, -0.25) is 9.59 Å². The van der Waals surface area contributed by atoms with Crippen molar-refractivity contribution in [3.05, 3.63) is 0 Å². The van der Waals surface area contributed by atoms with E-state index >= 15 is 0 Å². The van der Waals surface area contributed by atoms with Gasteiger partial charge >= 0.3 is 5.97 Å². The molecule has 0 aromatic carbocycles. The van der Waals surface area contributed by atoms with Crippen LogP contribution >= 0.6 is 0 Å². The number of ketones is 1. The first-order valence-electron chi connectivity index (χ1n) is 12.7. The molecule has 5 unspecified atom stereocenters. The summed E-state index contributed by atoms with van der Waals surface area (Å²) in [6.07, 6.45) is 7.66. The van der Waals surface area contributed by atoms with Crippen LogP contribution in [-0.4, -0.2) is 47.1 Å². The Kier molecular flexibility index (Phi) is 5.17. The van der Waals surface area contributed by atoms with Crippen LogP contribution in [0.1, 0.15) is 86.0 Å². The summed E-state index contributed by atoms with van der Waals surface area (Å²) >= 11 is 0. The second-order valence-corrected chi connectivity index (χ2v) is 12.3. The van der Waals surface area contributed by atoms with E-state index in [9.17, 15) is 14.7 Å². The molecule has 4 saturated carbocycles. The third-order valence-corrected chi connectivity index (χ3v) is 10.5. The van der Waals surface area contributed by atoms with Crippen molar-refractivity contribution >= 4 is 11.8 Å². The predicted octanol–water partition coefficient (Wildman–Crippen LogP) is 4.02. The molecule has 32 heavy (non-hydrogen) atoms. The molecule has 6 nitrogen and oxygen atoms in total. The number of Topliss-reactive ketones (excluding diaryl/α,β-unsaturated/α-hetero) is 1. The summed E-state index contributed by atoms with van der Waals surface area (Å²) in [6.45, 7) is 9.56. The lowest BCUT2D eigenvalue weighted by atomic mass is 9.44. The molecule has 0 spiro atoms. The first-order valence-corrected chi connectivity index (χ1v) is 12.7. The number of esters is 1. The minimum atomic E-state index is -1.05. The van der Waals surface area contributed by atoms with Crippen molar-refractivity contribution in [1.29, 1.82) is 0 Å². The Morgan fingerprint density at radius 1 is 1.00 bits per heavy atom. The van der Waals surface area contributed by atoms with Crippen LogP contribution in [0.4, 0.5) is 0 Å². The SMILES string of the molecule is CC(=O)OCC(=O)[C@@]12OC(C)(C)O[C@@H]1CC1C3CCC4CC(O)CC[C@]4(C)C3CC[C@@]12C. The summed E-state index contributed by atoms with van der Waals surface area (Å²) in [5.74, 6) is 0.705. The van der Waals surface area contributed by atoms with E-state index in [2.05, 4.69) is 13.8 Å². The van der Waals surface area contributed by atoms with E-state index in [-0.39, 0.29) is 35.4 Å². The Balaban J connectivity index is 1.48. The van der Waals surface area contributed by atoms with Gasteiger partial charge in [-0.2, -0.15) is 0 Å². The zero-order chi connectivity index (χ0) is 23.1. The molecule has 0 aromatic heterocycles. The Bertz CT molecular complexity index is 808. The Hall–Kier alpha value is -0.980. The fourth-order valence-electron chi connectivity index (χ4n) is 9.11. The van der Waals surface area contributed by atoms with Gasteiger partial charge < -0.3 is 19.3 Å². The summed E-state index contributed by atoms with van der Waals surface area (Å²) in [7, 11) is 0. The van der Waals surface area contributed by atoms with E-state index in [4.69, 9.17) is 14.2 Å². The molecule has 0 bridgehead atoms. The van der Waals surface area contributed by atoms with E-state index in [1.807, 2.05) is 13.8 Å². The van der Waals surface area contributed by atoms with E-state index in [0.29, 0.717) is 23.7 Å². The highest BCUT2D eigenvalue weighted by Gasteiger charge is 2.76. The third kappa shape index (κ3) is 3.01. The highest BCUT2D eigenvalue weighted by molar-refractivity contribution is 5.92. The molecule has 1 N–H and O–H groups in total. The summed E-state index contributed by atoms with van der Waals surface area (Å²) in [6, 6.07) is 0. The average molecular weight is 449 g/mol. The number of aliphatic hydroxyl groups is 1. The predicted molar refractivity (Wildman–Crippen MR) is 118 cm³/mol. The van der Waals surface area contributed by atoms with E-state index in [1.165, 1.54) is 6.92 Å². The van der Waals surface area contributed by atoms with Gasteiger partial charge in [0.15, 0.2) is 18.0 Å². The van der Waals surface area contributed by atoms with Gasteiger partial charge in [-0.15, -0.1) is 0 Å². The summed E-state index contributed by atoms with van der Waals surface area (Å²) in [5.41, 5.74) is -1.11. The first kappa shape index (κ1) is 22.8. The highest BCUT2D eigenvalue weighted by atomic mass is 16.8. The first-order chi connectivity index (χ1) is 14.9. The lowest BCUT2D eigenvalue weighted by molar-refractivity contribution is -0.221. The Morgan fingerprint density at radius 2 is 1.75 bits per heavy atom. The van der Waals surface area contributed by atoms with Gasteiger partial charge in [0.1, 0.15) is 0 Å². The quantitative estimate of drug-likeness (QED) is 0.657. The van der Waals surface area contributed by atoms with Crippen molar-refractivity contribution < 1.29 is 28.9 Å². The lowest BCUT2D eigenvalue weighted by Crippen LogP contribution is -2.62. The molecule has 6 heteroatoms. The average Bonchev–Trinajstić information content (AvgIpc) is 3.12. The molecule has 9 atom stereocenters. The number of ether oxygens (including phenoxy) is 3. The number of aliphatic hydroxyl groups excluding tert-OH is 1. The van der Waals surface area contributed by atoms with Crippen molar-refractivity contribution in [2.75, 3.05) is 6.61 Å². The molecule has 1 aliphatic heterocycles. The van der Waals surface area contributed by atoms with Crippen molar-refractivity contribution in [2.45, 2.75) is 110 Å². The molecule has 1 heterocycles. The van der Waals surface area contributed by atoms with Gasteiger partial charge in [0.05, 0.1) is 12.2 Å². The van der Waals surface area contributed by atoms with Crippen LogP contribution in [-0.2, 0) is 23.8 Å². The fraction of sp³-hybridized carbons (Fsp3) is 0.923. The molecular weight excluding hydrogens is 408 g/mol. The molecule has 0 amide bonds. The van der Waals surface area contributed by atoms with E-state index in [1.54, 1.807) is 0 Å². The van der Waals surface area contributed by atoms with Crippen molar-refractivity contribution in [2.24, 2.45) is 34.5 Å². The maximum atomic E-state index is 13.7. The molecule has 0 radical (unpaired) electrons. The zero-order valence-electron chi connectivity index (χ0n) is 20.3. The minimum Gasteiger partial charge on any atom is -0.458 e. The maximum Gasteiger partial charge on any atom is 0.303 e. The Labute approximate surface area is 191 Å². The van der Waals surface area contributed by atoms with Crippen LogP contribution in [0, 0.1) is 34.5 Å². The second-order valence-electron chi connectivity index (χ2n) is 12.3. The molecule has 0 aromatic rings. The smallest absolute Gasteiger partial charge is 0.303 e. The van der Waals surface area contributed by atoms with E-state index < -0.39 is 17.4 Å². The van der Waals surface area contributed by atoms with Gasteiger partial charge in [0.25, 0.3) is 0 Å². The number of rotatable bonds is 3. The number of hydrogen-bond acceptors (Lipinski definition) is 6. The monoisotopic (exact) mass is 448 g/mol. The number of carbonyl (C=O) groups is 2. The van der Waals surface area contributed by atoms with Crippen LogP contribution in [0.15, 0.2) is 0 Å². The summed E-state index contributed by atoms with van der Waals surface area (Å²) < 4.78 is 18.1. The van der Waals surface area contributed by atoms with Crippen LogP contribution in [0.25, 0.3) is 0 Å². The molecule has 5 fully saturated rings. The van der Waals surface area contributed by atoms with Gasteiger partial charge in [0.2, 0.25) is 5.78 Å². The number of fused-ring (bicyclic) bond motifs is 7. The van der Waals surface area contributed by atoms with Gasteiger partial charge in [-0.1, -0.05) is 13.8 Å². The minimum absolute atomic E-state index is 0.143. The molecule has 180 valence electrons. The van der Waals surface area contributed by atoms with Crippen molar-refractivity contribution in [3.8, 4) is 0 Å². The summed E-state index contributed by atoms with van der Waals surface area (Å²) in [5, 5.41) is 10.3. The fourth-order valence-corrected chi connectivity index (χ4v) is 9.11. The normalized spacial score (nSPS) is 51.2. The van der Waals surface area contributed by atoms with Crippen LogP contribution in [0.5, 0.6) is 0 Å². The van der Waals surface area contributed by atoms with Gasteiger partial charge in [0, 0.05) is 12.3 Å². The van der Waals surface area contributed by atoms with Crippen LogP contribution in [0.3, 0.4) is 0 Å². The second kappa shape index (κ2) is 7.26. The lowest BCUT2D eigenvalue weighted by Gasteiger charge is -2.61. The highest BCUT2D eigenvalue weighted by Crippen LogP contribution is 2.71. The number of hydrogen-bond donors (Lipinski definition) is 1. The van der Waals surface area contributed by atoms with Crippen molar-refractivity contribution in [3.63, 3.8) is 0 Å². The third-order valence-electron chi connectivity index (χ3n) is 10.5. The van der Waals surface area contributed by atoms with Crippen LogP contribution in [0.2, 0.25) is 0 Å². The molecular formula is C26H40O6. The maximum absolute atomic E-state index is 13.7. The van der Waals surface area contributed by atoms with Crippen molar-refractivity contribution in [1.82, 2.24) is 0 Å². The zero-order valence-corrected chi connectivity index (χ0v) is 20.3. The Morgan fingerprint density at radius 3 is 2.47 bits per heavy atom. The largest absolute Gasteiger partial charge is 0.458 e. The van der Waals surface area contributed by atoms with Gasteiger partial charge in [-0.05, 0) is 94.3 Å². The topological polar surface area (TPSA) is 82.1 Å². The standard InChI is InChI=1S/C26H40O6/c1-15(27)30-14-21(29)26-22(31-23(2,3)32-26)13-20-18-7-6-16-12-17(28)8-10-24(16,4)19(18)9-11-25(20,26)5/h16-20,22,28H,6-14H2,1-5H3/t16?,17?,18?,19?,20?,22-,24+,25+,26-/m1/s1. The molecule has 4 aliphatic carbocycles. The van der Waals surface area contributed by atoms with Crippen LogP contribution < -0.4 is 0 Å². The summed E-state index contributed by atoms with van der Waals surface area (Å²) in [4.78, 5) is 25.1. The molecule has 1 saturated heterocycles. The number of carbonyl (C=O) groups excluding carboxylic acids is 2.